The van der Waals surface area contributed by atoms with Crippen LogP contribution in [0.3, 0.4) is 0 Å². The molecule has 0 radical (unpaired) electrons. The summed E-state index contributed by atoms with van der Waals surface area (Å²) in [7, 11) is 0. The summed E-state index contributed by atoms with van der Waals surface area (Å²) >= 11 is 3.87. The minimum absolute atomic E-state index is 0.325. The van der Waals surface area contributed by atoms with E-state index in [1.165, 1.54) is 77.5 Å². The Morgan fingerprint density at radius 1 is 0.667 bits per heavy atom. The van der Waals surface area contributed by atoms with Gasteiger partial charge in [-0.25, -0.2) is 0 Å². The van der Waals surface area contributed by atoms with Crippen molar-refractivity contribution in [3.8, 4) is 5.69 Å². The van der Waals surface area contributed by atoms with Crippen molar-refractivity contribution < 1.29 is 0 Å². The monoisotopic (exact) mass is 457 g/mol. The van der Waals surface area contributed by atoms with E-state index in [4.69, 9.17) is 0 Å². The number of hydrogen-bond donors (Lipinski definition) is 0. The summed E-state index contributed by atoms with van der Waals surface area (Å²) in [6.45, 7) is 0.325. The zero-order valence-electron chi connectivity index (χ0n) is 18.0. The number of rotatable bonds is 1. The van der Waals surface area contributed by atoms with E-state index in [2.05, 4.69) is 89.5 Å². The van der Waals surface area contributed by atoms with Crippen LogP contribution < -0.4 is 16.4 Å². The highest BCUT2D eigenvalue weighted by atomic mass is 32.2. The summed E-state index contributed by atoms with van der Waals surface area (Å²) in [4.78, 5) is 5.61. The molecule has 3 heterocycles. The molecule has 33 heavy (non-hydrogen) atoms. The fourth-order valence-electron chi connectivity index (χ4n) is 6.13. The third kappa shape index (κ3) is 2.54. The normalized spacial score (nSPS) is 15.2. The summed E-state index contributed by atoms with van der Waals surface area (Å²) in [6.07, 6.45) is 3.64. The minimum atomic E-state index is 0.325. The second-order valence-corrected chi connectivity index (χ2v) is 11.4. The van der Waals surface area contributed by atoms with Crippen LogP contribution in [-0.4, -0.2) is 11.3 Å². The van der Waals surface area contributed by atoms with Crippen molar-refractivity contribution in [2.75, 3.05) is 0 Å². The molecule has 0 spiro atoms. The van der Waals surface area contributed by atoms with E-state index >= 15 is 0 Å². The molecule has 156 valence electrons. The van der Waals surface area contributed by atoms with Crippen LogP contribution in [0.1, 0.15) is 17.7 Å². The molecular weight excluding hydrogens is 437 g/mol. The zero-order valence-corrected chi connectivity index (χ0v) is 19.7. The molecule has 0 fully saturated rings. The summed E-state index contributed by atoms with van der Waals surface area (Å²) in [6, 6.07) is 32.0. The first-order valence-electron chi connectivity index (χ1n) is 11.7. The first kappa shape index (κ1) is 18.6. The van der Waals surface area contributed by atoms with Gasteiger partial charge in [-0.05, 0) is 66.7 Å². The van der Waals surface area contributed by atoms with Crippen molar-refractivity contribution in [1.29, 1.82) is 0 Å². The molecule has 4 heteroatoms. The SMILES string of the molecule is c1ccc2c(c1)Sc1cccc3c1B2c1ccc(-n2c4c(c5ccccc52)CCC4)cc1S3. The highest BCUT2D eigenvalue weighted by Crippen LogP contribution is 2.40. The lowest BCUT2D eigenvalue weighted by molar-refractivity contribution is 0.873. The molecule has 1 nitrogen and oxygen atoms in total. The van der Waals surface area contributed by atoms with Gasteiger partial charge < -0.3 is 4.57 Å². The van der Waals surface area contributed by atoms with Crippen molar-refractivity contribution in [2.24, 2.45) is 0 Å². The van der Waals surface area contributed by atoms with Gasteiger partial charge in [-0.15, -0.1) is 0 Å². The van der Waals surface area contributed by atoms with Crippen molar-refractivity contribution in [3.63, 3.8) is 0 Å². The fourth-order valence-corrected chi connectivity index (χ4v) is 8.57. The van der Waals surface area contributed by atoms with Crippen LogP contribution in [0.25, 0.3) is 16.6 Å². The van der Waals surface area contributed by atoms with Gasteiger partial charge in [-0.3, -0.25) is 0 Å². The predicted octanol–water partition coefficient (Wildman–Crippen LogP) is 5.56. The Morgan fingerprint density at radius 3 is 2.36 bits per heavy atom. The molecule has 2 aliphatic heterocycles. The van der Waals surface area contributed by atoms with E-state index in [1.807, 2.05) is 23.5 Å². The summed E-state index contributed by atoms with van der Waals surface area (Å²) in [5, 5.41) is 1.43. The summed E-state index contributed by atoms with van der Waals surface area (Å²) in [5.74, 6) is 0. The number of aryl methyl sites for hydroxylation is 1. The molecule has 4 aromatic carbocycles. The maximum absolute atomic E-state index is 2.54. The number of benzene rings is 4. The van der Waals surface area contributed by atoms with Gasteiger partial charge in [-0.1, -0.05) is 83.0 Å². The molecule has 3 aliphatic rings. The molecule has 0 atom stereocenters. The summed E-state index contributed by atoms with van der Waals surface area (Å²) < 4.78 is 2.54. The average molecular weight is 457 g/mol. The Kier molecular flexibility index (Phi) is 3.86. The van der Waals surface area contributed by atoms with Gasteiger partial charge in [0.2, 0.25) is 6.71 Å². The number of nitrogens with zero attached hydrogens (tertiary/aromatic N) is 1. The maximum atomic E-state index is 2.54. The molecule has 0 unspecified atom stereocenters. The van der Waals surface area contributed by atoms with Crippen molar-refractivity contribution in [3.05, 3.63) is 96.2 Å². The van der Waals surface area contributed by atoms with Gasteiger partial charge in [-0.2, -0.15) is 0 Å². The third-order valence-electron chi connectivity index (χ3n) is 7.48. The molecule has 8 rings (SSSR count). The average Bonchev–Trinajstić information content (AvgIpc) is 3.44. The standard InChI is InChI=1S/C29H20BNS2/c1-3-10-23-19(7-1)20-8-5-11-24(20)31(23)18-15-16-22-28(17-18)33-27-14-6-13-26-29(27)30(22)21-9-2-4-12-25(21)32-26/h1-4,6-7,9-10,12-17H,5,8,11H2. The maximum Gasteiger partial charge on any atom is 0.247 e. The van der Waals surface area contributed by atoms with E-state index in [1.54, 1.807) is 5.56 Å². The predicted molar refractivity (Wildman–Crippen MR) is 141 cm³/mol. The van der Waals surface area contributed by atoms with Crippen LogP contribution in [0.5, 0.6) is 0 Å². The van der Waals surface area contributed by atoms with Gasteiger partial charge in [0.05, 0.1) is 5.52 Å². The molecular formula is C29H20BNS2. The van der Waals surface area contributed by atoms with Crippen LogP contribution in [0.15, 0.2) is 105 Å². The first-order chi connectivity index (χ1) is 16.4. The Hall–Kier alpha value is -2.82. The number of fused-ring (bicyclic) bond motifs is 7. The fraction of sp³-hybridized carbons (Fsp3) is 0.103. The Morgan fingerprint density at radius 2 is 1.42 bits per heavy atom. The lowest BCUT2D eigenvalue weighted by Gasteiger charge is -2.33. The summed E-state index contributed by atoms with van der Waals surface area (Å²) in [5.41, 5.74) is 10.1. The molecule has 5 aromatic rings. The van der Waals surface area contributed by atoms with Gasteiger partial charge in [0.1, 0.15) is 0 Å². The van der Waals surface area contributed by atoms with Crippen molar-refractivity contribution in [2.45, 2.75) is 38.8 Å². The third-order valence-corrected chi connectivity index (χ3v) is 9.80. The lowest BCUT2D eigenvalue weighted by atomic mass is 9.36. The Balaban J connectivity index is 1.36. The molecule has 1 aromatic heterocycles. The molecule has 0 bridgehead atoms. The molecule has 1 aliphatic carbocycles. The van der Waals surface area contributed by atoms with Crippen LogP contribution >= 0.6 is 23.5 Å². The van der Waals surface area contributed by atoms with Crippen LogP contribution in [-0.2, 0) is 12.8 Å². The van der Waals surface area contributed by atoms with E-state index < -0.39 is 0 Å². The van der Waals surface area contributed by atoms with Crippen LogP contribution in [0, 0.1) is 0 Å². The minimum Gasteiger partial charge on any atom is -0.313 e. The van der Waals surface area contributed by atoms with Gasteiger partial charge in [0.15, 0.2) is 0 Å². The van der Waals surface area contributed by atoms with Gasteiger partial charge in [0, 0.05) is 36.3 Å². The lowest BCUT2D eigenvalue weighted by Crippen LogP contribution is -2.57. The number of para-hydroxylation sites is 1. The molecule has 0 amide bonds. The quantitative estimate of drug-likeness (QED) is 0.297. The van der Waals surface area contributed by atoms with E-state index in [0.29, 0.717) is 6.71 Å². The highest BCUT2D eigenvalue weighted by molar-refractivity contribution is 8.01. The Bertz CT molecular complexity index is 1620. The van der Waals surface area contributed by atoms with E-state index in [0.717, 1.165) is 0 Å². The molecule has 0 N–H and O–H groups in total. The van der Waals surface area contributed by atoms with Crippen molar-refractivity contribution >= 4 is 57.5 Å². The first-order valence-corrected chi connectivity index (χ1v) is 13.3. The number of hydrogen-bond acceptors (Lipinski definition) is 2. The Labute approximate surface area is 202 Å². The van der Waals surface area contributed by atoms with E-state index in [9.17, 15) is 0 Å². The van der Waals surface area contributed by atoms with Crippen molar-refractivity contribution in [1.82, 2.24) is 4.57 Å². The van der Waals surface area contributed by atoms with Gasteiger partial charge >= 0.3 is 0 Å². The molecule has 0 saturated carbocycles. The second kappa shape index (κ2) is 6.85. The van der Waals surface area contributed by atoms with Gasteiger partial charge in [0.25, 0.3) is 0 Å². The highest BCUT2D eigenvalue weighted by Gasteiger charge is 2.37. The topological polar surface area (TPSA) is 4.93 Å². The van der Waals surface area contributed by atoms with Crippen LogP contribution in [0.4, 0.5) is 0 Å². The smallest absolute Gasteiger partial charge is 0.247 e. The van der Waals surface area contributed by atoms with Crippen LogP contribution in [0.2, 0.25) is 0 Å². The molecule has 0 saturated heterocycles. The number of aromatic nitrogens is 1. The zero-order chi connectivity index (χ0) is 21.5. The largest absolute Gasteiger partial charge is 0.313 e. The second-order valence-electron chi connectivity index (χ2n) is 9.20. The van der Waals surface area contributed by atoms with E-state index in [-0.39, 0.29) is 0 Å².